The second-order valence-corrected chi connectivity index (χ2v) is 11.4. The molecule has 0 aliphatic heterocycles. The first-order valence-electron chi connectivity index (χ1n) is 13.9. The zero-order valence-electron chi connectivity index (χ0n) is 21.5. The molecule has 2 aliphatic rings. The third-order valence-electron chi connectivity index (χ3n) is 7.97. The van der Waals surface area contributed by atoms with Crippen LogP contribution in [0, 0.1) is 0 Å². The van der Waals surface area contributed by atoms with Gasteiger partial charge in [-0.25, -0.2) is 4.98 Å². The number of aromatic nitrogens is 2. The number of para-hydroxylation sites is 2. The molecule has 1 heterocycles. The van der Waals surface area contributed by atoms with Gasteiger partial charge in [-0.1, -0.05) is 72.7 Å². The molecule has 196 valence electrons. The van der Waals surface area contributed by atoms with Crippen molar-refractivity contribution < 1.29 is 9.59 Å². The van der Waals surface area contributed by atoms with Gasteiger partial charge in [-0.3, -0.25) is 9.59 Å². The Morgan fingerprint density at radius 3 is 2.27 bits per heavy atom. The molecule has 7 heteroatoms. The van der Waals surface area contributed by atoms with Gasteiger partial charge in [-0.15, -0.1) is 0 Å². The minimum atomic E-state index is -0.110. The van der Waals surface area contributed by atoms with Gasteiger partial charge in [0.05, 0.1) is 11.0 Å². The Kier molecular flexibility index (Phi) is 8.59. The third-order valence-corrected chi connectivity index (χ3v) is 8.47. The van der Waals surface area contributed by atoms with E-state index in [2.05, 4.69) is 30.7 Å². The minimum Gasteiger partial charge on any atom is -0.352 e. The van der Waals surface area contributed by atoms with Gasteiger partial charge >= 0.3 is 0 Å². The van der Waals surface area contributed by atoms with Gasteiger partial charge in [0.25, 0.3) is 5.91 Å². The normalized spacial score (nSPS) is 17.1. The number of imidazole rings is 1. The van der Waals surface area contributed by atoms with E-state index in [4.69, 9.17) is 4.98 Å². The van der Waals surface area contributed by atoms with Crippen molar-refractivity contribution in [1.29, 1.82) is 0 Å². The van der Waals surface area contributed by atoms with Crippen LogP contribution in [-0.4, -0.2) is 44.9 Å². The van der Waals surface area contributed by atoms with Gasteiger partial charge in [0, 0.05) is 35.1 Å². The van der Waals surface area contributed by atoms with Crippen LogP contribution in [0.3, 0.4) is 0 Å². The molecular weight excluding hydrogens is 528 g/mol. The van der Waals surface area contributed by atoms with E-state index >= 15 is 0 Å². The average molecular weight is 566 g/mol. The van der Waals surface area contributed by atoms with E-state index in [0.29, 0.717) is 37.2 Å². The van der Waals surface area contributed by atoms with Gasteiger partial charge in [-0.05, 0) is 56.0 Å². The number of hydrogen-bond donors (Lipinski definition) is 1. The van der Waals surface area contributed by atoms with Crippen LogP contribution in [0.1, 0.15) is 80.4 Å². The molecule has 1 aromatic heterocycles. The lowest BCUT2D eigenvalue weighted by molar-refractivity contribution is -0.138. The molecule has 1 N–H and O–H groups in total. The molecule has 0 radical (unpaired) electrons. The first-order chi connectivity index (χ1) is 18.1. The molecule has 0 atom stereocenters. The highest BCUT2D eigenvalue weighted by Gasteiger charge is 2.33. The molecule has 0 bridgehead atoms. The van der Waals surface area contributed by atoms with Crippen LogP contribution >= 0.6 is 15.9 Å². The maximum atomic E-state index is 14.0. The van der Waals surface area contributed by atoms with E-state index in [1.165, 1.54) is 38.5 Å². The Morgan fingerprint density at radius 1 is 0.919 bits per heavy atom. The molecule has 37 heavy (non-hydrogen) atoms. The van der Waals surface area contributed by atoms with Gasteiger partial charge in [0.15, 0.2) is 0 Å². The smallest absolute Gasteiger partial charge is 0.251 e. The van der Waals surface area contributed by atoms with Gasteiger partial charge in [0.2, 0.25) is 5.91 Å². The summed E-state index contributed by atoms with van der Waals surface area (Å²) in [6, 6.07) is 16.1. The van der Waals surface area contributed by atoms with E-state index in [1.807, 2.05) is 42.5 Å². The van der Waals surface area contributed by atoms with E-state index < -0.39 is 0 Å². The summed E-state index contributed by atoms with van der Waals surface area (Å²) in [6.45, 7) is 0.764. The van der Waals surface area contributed by atoms with E-state index in [-0.39, 0.29) is 11.8 Å². The molecule has 2 aromatic carbocycles. The van der Waals surface area contributed by atoms with E-state index in [1.54, 1.807) is 6.07 Å². The number of amides is 2. The summed E-state index contributed by atoms with van der Waals surface area (Å²) in [7, 11) is 0. The first kappa shape index (κ1) is 26.0. The molecule has 2 saturated carbocycles. The van der Waals surface area contributed by atoms with Crippen LogP contribution in [0.4, 0.5) is 0 Å². The zero-order chi connectivity index (χ0) is 25.6. The van der Waals surface area contributed by atoms with E-state index in [0.717, 1.165) is 47.0 Å². The van der Waals surface area contributed by atoms with Crippen molar-refractivity contribution in [2.75, 3.05) is 6.54 Å². The summed E-state index contributed by atoms with van der Waals surface area (Å²) in [5.41, 5.74) is 2.50. The minimum absolute atomic E-state index is 0.110. The van der Waals surface area contributed by atoms with Gasteiger partial charge in [-0.2, -0.15) is 0 Å². The lowest BCUT2D eigenvalue weighted by atomic mass is 9.88. The summed E-state index contributed by atoms with van der Waals surface area (Å²) < 4.78 is 2.96. The summed E-state index contributed by atoms with van der Waals surface area (Å²) >= 11 is 3.43. The number of rotatable bonds is 8. The predicted octanol–water partition coefficient (Wildman–Crippen LogP) is 6.27. The van der Waals surface area contributed by atoms with Crippen molar-refractivity contribution in [2.45, 2.75) is 89.3 Å². The molecule has 2 fully saturated rings. The number of carbonyl (C=O) groups is 2. The molecule has 0 spiro atoms. The molecule has 2 aliphatic carbocycles. The fraction of sp³-hybridized carbons (Fsp3) is 0.500. The second kappa shape index (κ2) is 12.2. The molecule has 5 rings (SSSR count). The SMILES string of the molecule is O=C(NCCc1nc2ccccc2n1CC(=O)N(C1CCCCC1)C1CCCCC1)c1cccc(Br)c1. The predicted molar refractivity (Wildman–Crippen MR) is 151 cm³/mol. The lowest BCUT2D eigenvalue weighted by Crippen LogP contribution is -2.50. The number of nitrogens with zero attached hydrogens (tertiary/aromatic N) is 3. The number of carbonyl (C=O) groups excluding carboxylic acids is 2. The van der Waals surface area contributed by atoms with Crippen LogP contribution in [0.2, 0.25) is 0 Å². The number of fused-ring (bicyclic) bond motifs is 1. The van der Waals surface area contributed by atoms with Gasteiger partial charge in [0.1, 0.15) is 12.4 Å². The highest BCUT2D eigenvalue weighted by molar-refractivity contribution is 9.10. The average Bonchev–Trinajstić information content (AvgIpc) is 3.27. The largest absolute Gasteiger partial charge is 0.352 e. The highest BCUT2D eigenvalue weighted by Crippen LogP contribution is 2.31. The molecule has 3 aromatic rings. The Balaban J connectivity index is 1.34. The van der Waals surface area contributed by atoms with Crippen molar-refractivity contribution in [1.82, 2.24) is 19.8 Å². The Morgan fingerprint density at radius 2 is 1.59 bits per heavy atom. The maximum Gasteiger partial charge on any atom is 0.251 e. The molecule has 6 nitrogen and oxygen atoms in total. The Labute approximate surface area is 228 Å². The monoisotopic (exact) mass is 564 g/mol. The number of hydrogen-bond acceptors (Lipinski definition) is 3. The summed E-state index contributed by atoms with van der Waals surface area (Å²) in [6.07, 6.45) is 12.5. The standard InChI is InChI=1S/C30H37BrN4O2/c31-23-11-9-10-22(20-23)30(37)32-19-18-28-33-26-16-7-8-17-27(26)34(28)21-29(36)35(24-12-3-1-4-13-24)25-14-5-2-6-15-25/h7-11,16-17,20,24-25H,1-6,12-15,18-19,21H2,(H,32,37). The molecule has 2 amide bonds. The van der Waals surface area contributed by atoms with Crippen molar-refractivity contribution in [3.8, 4) is 0 Å². The fourth-order valence-corrected chi connectivity index (χ4v) is 6.55. The summed E-state index contributed by atoms with van der Waals surface area (Å²) in [4.78, 5) is 33.8. The first-order valence-corrected chi connectivity index (χ1v) is 14.7. The lowest BCUT2D eigenvalue weighted by Gasteiger charge is -2.42. The topological polar surface area (TPSA) is 67.2 Å². The summed E-state index contributed by atoms with van der Waals surface area (Å²) in [5, 5.41) is 3.02. The van der Waals surface area contributed by atoms with Crippen molar-refractivity contribution in [3.05, 3.63) is 64.4 Å². The fourth-order valence-electron chi connectivity index (χ4n) is 6.15. The van der Waals surface area contributed by atoms with Crippen LogP contribution in [0.5, 0.6) is 0 Å². The van der Waals surface area contributed by atoms with E-state index in [9.17, 15) is 9.59 Å². The molecular formula is C30H37BrN4O2. The third kappa shape index (κ3) is 6.25. The number of halogens is 1. The number of benzene rings is 2. The quantitative estimate of drug-likeness (QED) is 0.350. The van der Waals surface area contributed by atoms with Crippen LogP contribution < -0.4 is 5.32 Å². The molecule has 0 unspecified atom stereocenters. The highest BCUT2D eigenvalue weighted by atomic mass is 79.9. The van der Waals surface area contributed by atoms with Gasteiger partial charge < -0.3 is 14.8 Å². The van der Waals surface area contributed by atoms with Crippen molar-refractivity contribution >= 4 is 38.8 Å². The second-order valence-electron chi connectivity index (χ2n) is 10.5. The summed E-state index contributed by atoms with van der Waals surface area (Å²) in [5.74, 6) is 0.957. The number of nitrogens with one attached hydrogen (secondary N) is 1. The van der Waals surface area contributed by atoms with Crippen molar-refractivity contribution in [3.63, 3.8) is 0 Å². The van der Waals surface area contributed by atoms with Crippen LogP contribution in [0.25, 0.3) is 11.0 Å². The van der Waals surface area contributed by atoms with Crippen LogP contribution in [-0.2, 0) is 17.8 Å². The van der Waals surface area contributed by atoms with Crippen LogP contribution in [0.15, 0.2) is 53.0 Å². The maximum absolute atomic E-state index is 14.0. The molecule has 0 saturated heterocycles. The zero-order valence-corrected chi connectivity index (χ0v) is 23.1. The van der Waals surface area contributed by atoms with Crippen molar-refractivity contribution in [2.24, 2.45) is 0 Å². The Bertz CT molecular complexity index is 1210. The Hall–Kier alpha value is -2.67.